The molecule has 0 aliphatic rings. The molecular weight excluding hydrogens is 349 g/mol. The van der Waals surface area contributed by atoms with Crippen molar-refractivity contribution in [3.63, 3.8) is 0 Å². The highest BCUT2D eigenvalue weighted by Crippen LogP contribution is 2.31. The summed E-state index contributed by atoms with van der Waals surface area (Å²) < 4.78 is 27.9. The van der Waals surface area contributed by atoms with Crippen LogP contribution in [-0.2, 0) is 5.60 Å². The maximum absolute atomic E-state index is 13.7. The molecule has 18 heavy (non-hydrogen) atoms. The molecule has 0 spiro atoms. The van der Waals surface area contributed by atoms with Gasteiger partial charge in [-0.2, -0.15) is 0 Å². The van der Waals surface area contributed by atoms with E-state index < -0.39 is 17.2 Å². The fourth-order valence-electron chi connectivity index (χ4n) is 1.81. The predicted octanol–water partition coefficient (Wildman–Crippen LogP) is 3.83. The number of hydrogen-bond donors (Lipinski definition) is 1. The Morgan fingerprint density at radius 2 is 1.67 bits per heavy atom. The minimum atomic E-state index is -1.56. The lowest BCUT2D eigenvalue weighted by atomic mass is 9.88. The normalized spacial score (nSPS) is 14.3. The van der Waals surface area contributed by atoms with Crippen LogP contribution < -0.4 is 0 Å². The molecule has 1 unspecified atom stereocenters. The summed E-state index contributed by atoms with van der Waals surface area (Å²) in [5.41, 5.74) is -1.10. The van der Waals surface area contributed by atoms with Gasteiger partial charge in [0.05, 0.1) is 0 Å². The summed E-state index contributed by atoms with van der Waals surface area (Å²) in [5.74, 6) is -1.97. The van der Waals surface area contributed by atoms with Crippen LogP contribution >= 0.6 is 22.6 Å². The molecule has 1 atom stereocenters. The first-order chi connectivity index (χ1) is 8.43. The molecule has 0 amide bonds. The van der Waals surface area contributed by atoms with Crippen molar-refractivity contribution in [3.05, 3.63) is 68.8 Å². The molecular formula is C14H11F2IO. The van der Waals surface area contributed by atoms with Gasteiger partial charge in [-0.05, 0) is 53.3 Å². The second-order valence-electron chi connectivity index (χ2n) is 4.18. The molecule has 0 aliphatic carbocycles. The van der Waals surface area contributed by atoms with E-state index in [9.17, 15) is 13.9 Å². The second-order valence-corrected chi connectivity index (χ2v) is 5.43. The fourth-order valence-corrected chi connectivity index (χ4v) is 2.17. The first kappa shape index (κ1) is 13.4. The van der Waals surface area contributed by atoms with Gasteiger partial charge in [-0.3, -0.25) is 0 Å². The van der Waals surface area contributed by atoms with Gasteiger partial charge in [0, 0.05) is 9.13 Å². The second kappa shape index (κ2) is 4.93. The lowest BCUT2D eigenvalue weighted by molar-refractivity contribution is 0.0970. The Balaban J connectivity index is 2.54. The molecule has 0 bridgehead atoms. The largest absolute Gasteiger partial charge is 0.381 e. The average Bonchev–Trinajstić information content (AvgIpc) is 2.33. The zero-order chi connectivity index (χ0) is 13.3. The van der Waals surface area contributed by atoms with Gasteiger partial charge in [-0.1, -0.05) is 24.3 Å². The SMILES string of the molecule is CC(O)(c1ccc(I)cc1)c1cccc(F)c1F. The zero-order valence-electron chi connectivity index (χ0n) is 9.62. The first-order valence-corrected chi connectivity index (χ1v) is 6.43. The average molecular weight is 360 g/mol. The van der Waals surface area contributed by atoms with Crippen LogP contribution in [0.4, 0.5) is 8.78 Å². The monoisotopic (exact) mass is 360 g/mol. The lowest BCUT2D eigenvalue weighted by Crippen LogP contribution is -2.24. The van der Waals surface area contributed by atoms with Gasteiger partial charge in [-0.25, -0.2) is 8.78 Å². The molecule has 0 heterocycles. The standard InChI is InChI=1S/C14H11F2IO/c1-14(18,9-5-7-10(17)8-6-9)11-3-2-4-12(15)13(11)16/h2-8,18H,1H3. The van der Waals surface area contributed by atoms with Crippen LogP contribution in [0.3, 0.4) is 0 Å². The summed E-state index contributed by atoms with van der Waals surface area (Å²) in [5, 5.41) is 10.4. The lowest BCUT2D eigenvalue weighted by Gasteiger charge is -2.25. The van der Waals surface area contributed by atoms with E-state index in [1.165, 1.54) is 19.1 Å². The Kier molecular flexibility index (Phi) is 3.68. The van der Waals surface area contributed by atoms with Gasteiger partial charge in [0.2, 0.25) is 0 Å². The Morgan fingerprint density at radius 3 is 2.28 bits per heavy atom. The highest BCUT2D eigenvalue weighted by Gasteiger charge is 2.29. The van der Waals surface area contributed by atoms with Gasteiger partial charge in [0.25, 0.3) is 0 Å². The number of aliphatic hydroxyl groups is 1. The molecule has 1 N–H and O–H groups in total. The molecule has 1 nitrogen and oxygen atoms in total. The molecule has 0 saturated carbocycles. The maximum atomic E-state index is 13.7. The van der Waals surface area contributed by atoms with Crippen molar-refractivity contribution < 1.29 is 13.9 Å². The fraction of sp³-hybridized carbons (Fsp3) is 0.143. The molecule has 0 fully saturated rings. The molecule has 0 saturated heterocycles. The van der Waals surface area contributed by atoms with Crippen LogP contribution in [0.25, 0.3) is 0 Å². The van der Waals surface area contributed by atoms with Crippen LogP contribution in [0.15, 0.2) is 42.5 Å². The molecule has 2 aromatic carbocycles. The van der Waals surface area contributed by atoms with Gasteiger partial charge in [0.1, 0.15) is 5.60 Å². The number of hydrogen-bond acceptors (Lipinski definition) is 1. The van der Waals surface area contributed by atoms with E-state index in [4.69, 9.17) is 0 Å². The first-order valence-electron chi connectivity index (χ1n) is 5.36. The van der Waals surface area contributed by atoms with Crippen molar-refractivity contribution in [2.45, 2.75) is 12.5 Å². The van der Waals surface area contributed by atoms with E-state index in [1.807, 2.05) is 12.1 Å². The van der Waals surface area contributed by atoms with Crippen LogP contribution in [-0.4, -0.2) is 5.11 Å². The maximum Gasteiger partial charge on any atom is 0.165 e. The third kappa shape index (κ3) is 2.40. The molecule has 2 rings (SSSR count). The Morgan fingerprint density at radius 1 is 1.06 bits per heavy atom. The number of benzene rings is 2. The van der Waals surface area contributed by atoms with Crippen molar-refractivity contribution >= 4 is 22.6 Å². The third-order valence-electron chi connectivity index (χ3n) is 2.88. The third-order valence-corrected chi connectivity index (χ3v) is 3.60. The van der Waals surface area contributed by atoms with E-state index in [0.717, 1.165) is 9.64 Å². The summed E-state index contributed by atoms with van der Waals surface area (Å²) in [6.07, 6.45) is 0. The minimum absolute atomic E-state index is 0.0660. The summed E-state index contributed by atoms with van der Waals surface area (Å²) in [7, 11) is 0. The topological polar surface area (TPSA) is 20.2 Å². The van der Waals surface area contributed by atoms with Crippen molar-refractivity contribution in [2.24, 2.45) is 0 Å². The van der Waals surface area contributed by atoms with Gasteiger partial charge in [0.15, 0.2) is 11.6 Å². The minimum Gasteiger partial charge on any atom is -0.381 e. The summed E-state index contributed by atoms with van der Waals surface area (Å²) in [6, 6.07) is 10.8. The molecule has 2 aromatic rings. The Labute approximate surface area is 118 Å². The number of rotatable bonds is 2. The van der Waals surface area contributed by atoms with Crippen LogP contribution in [0.5, 0.6) is 0 Å². The van der Waals surface area contributed by atoms with Gasteiger partial charge < -0.3 is 5.11 Å². The van der Waals surface area contributed by atoms with Gasteiger partial charge >= 0.3 is 0 Å². The zero-order valence-corrected chi connectivity index (χ0v) is 11.8. The Hall–Kier alpha value is -1.01. The predicted molar refractivity (Wildman–Crippen MR) is 74.2 cm³/mol. The van der Waals surface area contributed by atoms with Crippen LogP contribution in [0.1, 0.15) is 18.1 Å². The van der Waals surface area contributed by atoms with Crippen molar-refractivity contribution in [1.82, 2.24) is 0 Å². The van der Waals surface area contributed by atoms with Crippen LogP contribution in [0.2, 0.25) is 0 Å². The van der Waals surface area contributed by atoms with E-state index in [1.54, 1.807) is 12.1 Å². The highest BCUT2D eigenvalue weighted by atomic mass is 127. The van der Waals surface area contributed by atoms with E-state index in [-0.39, 0.29) is 5.56 Å². The van der Waals surface area contributed by atoms with Crippen molar-refractivity contribution in [3.8, 4) is 0 Å². The summed E-state index contributed by atoms with van der Waals surface area (Å²) >= 11 is 2.14. The van der Waals surface area contributed by atoms with Crippen molar-refractivity contribution in [2.75, 3.05) is 0 Å². The van der Waals surface area contributed by atoms with E-state index >= 15 is 0 Å². The number of halogens is 3. The van der Waals surface area contributed by atoms with E-state index in [0.29, 0.717) is 5.56 Å². The van der Waals surface area contributed by atoms with E-state index in [2.05, 4.69) is 22.6 Å². The molecule has 94 valence electrons. The molecule has 0 aromatic heterocycles. The van der Waals surface area contributed by atoms with Crippen molar-refractivity contribution in [1.29, 1.82) is 0 Å². The van der Waals surface area contributed by atoms with Crippen LogP contribution in [0, 0.1) is 15.2 Å². The highest BCUT2D eigenvalue weighted by molar-refractivity contribution is 14.1. The Bertz CT molecular complexity index is 565. The molecule has 4 heteroatoms. The smallest absolute Gasteiger partial charge is 0.165 e. The quantitative estimate of drug-likeness (QED) is 0.808. The molecule has 0 radical (unpaired) electrons. The summed E-state index contributed by atoms with van der Waals surface area (Å²) in [4.78, 5) is 0. The summed E-state index contributed by atoms with van der Waals surface area (Å²) in [6.45, 7) is 1.45. The van der Waals surface area contributed by atoms with Gasteiger partial charge in [-0.15, -0.1) is 0 Å². The molecule has 0 aliphatic heterocycles.